The molecule has 0 saturated carbocycles. The number of carboxylic acid groups (broad SMARTS) is 1. The summed E-state index contributed by atoms with van der Waals surface area (Å²) in [6, 6.07) is -0.741. The van der Waals surface area contributed by atoms with E-state index in [0.29, 0.717) is 12.8 Å². The molecule has 0 aliphatic heterocycles. The van der Waals surface area contributed by atoms with Crippen LogP contribution in [0.3, 0.4) is 0 Å². The van der Waals surface area contributed by atoms with Gasteiger partial charge in [-0.3, -0.25) is 9.59 Å². The van der Waals surface area contributed by atoms with Crippen LogP contribution in [0, 0.1) is 0 Å². The molecule has 0 saturated heterocycles. The summed E-state index contributed by atoms with van der Waals surface area (Å²) in [7, 11) is 5.37. The van der Waals surface area contributed by atoms with Gasteiger partial charge >= 0.3 is 11.9 Å². The van der Waals surface area contributed by atoms with Gasteiger partial charge in [0.05, 0.1) is 40.3 Å². The molecule has 8 nitrogen and oxygen atoms in total. The summed E-state index contributed by atoms with van der Waals surface area (Å²) in [5, 5.41) is 11.6. The van der Waals surface area contributed by atoms with Gasteiger partial charge in [0.1, 0.15) is 12.6 Å². The first-order chi connectivity index (χ1) is 26.1. The fourth-order valence-electron chi connectivity index (χ4n) is 5.42. The summed E-state index contributed by atoms with van der Waals surface area (Å²) in [6.07, 6.45) is 46.2. The summed E-state index contributed by atoms with van der Waals surface area (Å²) in [5.74, 6) is -1.85. The van der Waals surface area contributed by atoms with E-state index in [-0.39, 0.29) is 49.1 Å². The van der Waals surface area contributed by atoms with Crippen molar-refractivity contribution in [1.29, 1.82) is 0 Å². The fraction of sp³-hybridized carbons (Fsp3) is 0.630. The average Bonchev–Trinajstić information content (AvgIpc) is 3.12. The van der Waals surface area contributed by atoms with Crippen molar-refractivity contribution < 1.29 is 38.2 Å². The summed E-state index contributed by atoms with van der Waals surface area (Å²) in [4.78, 5) is 36.7. The minimum Gasteiger partial charge on any atom is -0.544 e. The monoisotopic (exact) mass is 754 g/mol. The van der Waals surface area contributed by atoms with Crippen LogP contribution >= 0.6 is 0 Å². The highest BCUT2D eigenvalue weighted by molar-refractivity contribution is 5.70. The van der Waals surface area contributed by atoms with Crippen LogP contribution in [0.5, 0.6) is 0 Å². The average molecular weight is 754 g/mol. The van der Waals surface area contributed by atoms with Crippen molar-refractivity contribution in [2.24, 2.45) is 0 Å². The SMILES string of the molecule is CC/C=C/C=C/C=C/C=C/C=C/CCCC(=O)OCC(COCCC(C(=O)[O-])[N+](C)(C)C)OC(=O)CCCCCCCCC/C=C/C/C=C/CCCCC. The first kappa shape index (κ1) is 50.5. The molecule has 0 fully saturated rings. The third kappa shape index (κ3) is 34.3. The highest BCUT2D eigenvalue weighted by Gasteiger charge is 2.25. The van der Waals surface area contributed by atoms with E-state index in [1.807, 2.05) is 54.7 Å². The van der Waals surface area contributed by atoms with Gasteiger partial charge in [0.15, 0.2) is 6.10 Å². The second kappa shape index (κ2) is 36.5. The number of nitrogens with zero attached hydrogens (tertiary/aromatic N) is 1. The highest BCUT2D eigenvalue weighted by atomic mass is 16.6. The minimum atomic E-state index is -1.14. The Morgan fingerprint density at radius 2 is 1.13 bits per heavy atom. The second-order valence-corrected chi connectivity index (χ2v) is 14.6. The molecule has 0 aliphatic rings. The first-order valence-electron chi connectivity index (χ1n) is 20.7. The summed E-state index contributed by atoms with van der Waals surface area (Å²) in [5.41, 5.74) is 0. The Hall–Kier alpha value is -3.49. The topological polar surface area (TPSA) is 102 Å². The molecule has 0 aliphatic carbocycles. The van der Waals surface area contributed by atoms with Crippen LogP contribution in [-0.2, 0) is 28.6 Å². The number of carboxylic acids is 1. The lowest BCUT2D eigenvalue weighted by molar-refractivity contribution is -0.889. The van der Waals surface area contributed by atoms with Gasteiger partial charge in [0.25, 0.3) is 0 Å². The van der Waals surface area contributed by atoms with Crippen molar-refractivity contribution in [2.75, 3.05) is 41.0 Å². The molecule has 0 bridgehead atoms. The number of unbranched alkanes of at least 4 members (excludes halogenated alkanes) is 11. The molecule has 54 heavy (non-hydrogen) atoms. The largest absolute Gasteiger partial charge is 0.544 e. The number of likely N-dealkylation sites (N-methyl/N-ethyl adjacent to an activating group) is 1. The molecule has 0 rings (SSSR count). The lowest BCUT2D eigenvalue weighted by Crippen LogP contribution is -2.55. The van der Waals surface area contributed by atoms with E-state index in [0.717, 1.165) is 51.4 Å². The van der Waals surface area contributed by atoms with Crippen LogP contribution in [0.4, 0.5) is 0 Å². The summed E-state index contributed by atoms with van der Waals surface area (Å²) in [6.45, 7) is 4.38. The van der Waals surface area contributed by atoms with Crippen molar-refractivity contribution >= 4 is 17.9 Å². The molecule has 2 atom stereocenters. The molecule has 0 aromatic carbocycles. The number of quaternary nitrogens is 1. The Bertz CT molecular complexity index is 1160. The smallest absolute Gasteiger partial charge is 0.306 e. The molecule has 2 unspecified atom stereocenters. The van der Waals surface area contributed by atoms with Gasteiger partial charge in [-0.05, 0) is 57.8 Å². The van der Waals surface area contributed by atoms with Crippen molar-refractivity contribution in [3.63, 3.8) is 0 Å². The maximum atomic E-state index is 12.7. The fourth-order valence-corrected chi connectivity index (χ4v) is 5.42. The van der Waals surface area contributed by atoms with Crippen LogP contribution in [0.2, 0.25) is 0 Å². The van der Waals surface area contributed by atoms with Gasteiger partial charge in [0.2, 0.25) is 0 Å². The maximum Gasteiger partial charge on any atom is 0.306 e. The van der Waals surface area contributed by atoms with E-state index in [1.165, 1.54) is 44.9 Å². The van der Waals surface area contributed by atoms with Crippen LogP contribution < -0.4 is 5.11 Å². The maximum absolute atomic E-state index is 12.7. The van der Waals surface area contributed by atoms with Crippen molar-refractivity contribution in [3.05, 3.63) is 85.1 Å². The number of carbonyl (C=O) groups excluding carboxylic acids is 3. The van der Waals surface area contributed by atoms with Crippen LogP contribution in [-0.4, -0.2) is 75.5 Å². The lowest BCUT2D eigenvalue weighted by Gasteiger charge is -2.34. The zero-order chi connectivity index (χ0) is 40.0. The molecular weight excluding hydrogens is 679 g/mol. The number of hydrogen-bond donors (Lipinski definition) is 0. The van der Waals surface area contributed by atoms with Crippen molar-refractivity contribution in [1.82, 2.24) is 0 Å². The number of ether oxygens (including phenoxy) is 3. The molecule has 0 aromatic rings. The molecule has 0 amide bonds. The van der Waals surface area contributed by atoms with Gasteiger partial charge in [-0.2, -0.15) is 0 Å². The molecule has 0 N–H and O–H groups in total. The molecule has 0 heterocycles. The van der Waals surface area contributed by atoms with Crippen molar-refractivity contribution in [3.8, 4) is 0 Å². The summed E-state index contributed by atoms with van der Waals surface area (Å²) < 4.78 is 17.0. The van der Waals surface area contributed by atoms with E-state index < -0.39 is 18.1 Å². The van der Waals surface area contributed by atoms with Gasteiger partial charge in [-0.15, -0.1) is 0 Å². The third-order valence-electron chi connectivity index (χ3n) is 8.64. The van der Waals surface area contributed by atoms with Gasteiger partial charge in [-0.25, -0.2) is 0 Å². The van der Waals surface area contributed by atoms with Gasteiger partial charge in [0, 0.05) is 19.3 Å². The van der Waals surface area contributed by atoms with Crippen molar-refractivity contribution in [2.45, 2.75) is 148 Å². The number of hydrogen-bond acceptors (Lipinski definition) is 7. The number of carbonyl (C=O) groups is 3. The number of aliphatic carboxylic acids is 1. The van der Waals surface area contributed by atoms with Crippen LogP contribution in [0.15, 0.2) is 85.1 Å². The van der Waals surface area contributed by atoms with Crippen LogP contribution in [0.1, 0.15) is 136 Å². The van der Waals surface area contributed by atoms with Gasteiger partial charge < -0.3 is 28.6 Å². The Morgan fingerprint density at radius 1 is 0.593 bits per heavy atom. The predicted molar refractivity (Wildman–Crippen MR) is 222 cm³/mol. The summed E-state index contributed by atoms with van der Waals surface area (Å²) >= 11 is 0. The minimum absolute atomic E-state index is 0.00954. The molecule has 0 aromatic heterocycles. The Kier molecular flexibility index (Phi) is 34.1. The number of esters is 2. The Balaban J connectivity index is 4.51. The zero-order valence-electron chi connectivity index (χ0n) is 34.6. The highest BCUT2D eigenvalue weighted by Crippen LogP contribution is 2.12. The normalized spacial score (nSPS) is 13.9. The molecule has 0 radical (unpaired) electrons. The zero-order valence-corrected chi connectivity index (χ0v) is 34.6. The standard InChI is InChI=1S/C46H75NO7/c1-6-8-10-12-14-16-18-20-21-22-23-25-27-29-31-33-35-37-45(49)54-42(40-52-39-38-43(46(50)51)47(3,4)5)41-53-44(48)36-34-32-30-28-26-24-19-17-15-13-11-9-7-2/h9,11,13-17,19-21,24,26,28,30,42-43H,6-8,10,12,18,22-23,25,27,29,31-41H2,1-5H3/b11-9+,15-13+,16-14+,19-17+,21-20+,26-24+,30-28+. The Morgan fingerprint density at radius 3 is 1.72 bits per heavy atom. The number of allylic oxidation sites excluding steroid dienone is 14. The molecule has 8 heteroatoms. The van der Waals surface area contributed by atoms with E-state index in [2.05, 4.69) is 44.2 Å². The van der Waals surface area contributed by atoms with E-state index >= 15 is 0 Å². The predicted octanol–water partition coefficient (Wildman–Crippen LogP) is 9.63. The third-order valence-corrected chi connectivity index (χ3v) is 8.64. The van der Waals surface area contributed by atoms with Gasteiger partial charge in [-0.1, -0.05) is 144 Å². The second-order valence-electron chi connectivity index (χ2n) is 14.6. The molecule has 0 spiro atoms. The van der Waals surface area contributed by atoms with E-state index in [1.54, 1.807) is 21.1 Å². The van der Waals surface area contributed by atoms with E-state index in [9.17, 15) is 19.5 Å². The first-order valence-corrected chi connectivity index (χ1v) is 20.7. The van der Waals surface area contributed by atoms with Crippen LogP contribution in [0.25, 0.3) is 0 Å². The number of rotatable bonds is 35. The quantitative estimate of drug-likeness (QED) is 0.0209. The molecule has 306 valence electrons. The molecular formula is C46H75NO7. The Labute approximate surface area is 329 Å². The lowest BCUT2D eigenvalue weighted by atomic mass is 10.1. The van der Waals surface area contributed by atoms with E-state index in [4.69, 9.17) is 14.2 Å².